The molecule has 0 radical (unpaired) electrons. The minimum absolute atomic E-state index is 0.0193. The van der Waals surface area contributed by atoms with Gasteiger partial charge in [-0.25, -0.2) is 4.39 Å². The Morgan fingerprint density at radius 3 is 2.86 bits per heavy atom. The molecule has 6 heteroatoms. The lowest BCUT2D eigenvalue weighted by Crippen LogP contribution is -2.31. The Kier molecular flexibility index (Phi) is 3.91. The summed E-state index contributed by atoms with van der Waals surface area (Å²) in [6.45, 7) is 0.409. The molecule has 0 saturated heterocycles. The molecule has 1 aliphatic heterocycles. The third-order valence-electron chi connectivity index (χ3n) is 3.47. The van der Waals surface area contributed by atoms with Crippen LogP contribution in [0.3, 0.4) is 0 Å². The number of allylic oxidation sites excluding steroid dienone is 3. The van der Waals surface area contributed by atoms with Crippen molar-refractivity contribution < 1.29 is 18.7 Å². The van der Waals surface area contributed by atoms with Crippen molar-refractivity contribution in [2.24, 2.45) is 0 Å². The number of ketones is 1. The number of rotatable bonds is 4. The number of hydrogen-bond donors (Lipinski definition) is 2. The number of amides is 1. The number of carbonyl (C=O) groups is 2. The van der Waals surface area contributed by atoms with Crippen LogP contribution < -0.4 is 10.6 Å². The van der Waals surface area contributed by atoms with Gasteiger partial charge in [0.05, 0.1) is 12.1 Å². The summed E-state index contributed by atoms with van der Waals surface area (Å²) in [5.41, 5.74) is 1.24. The van der Waals surface area contributed by atoms with Crippen molar-refractivity contribution in [3.63, 3.8) is 0 Å². The summed E-state index contributed by atoms with van der Waals surface area (Å²) in [5, 5.41) is 5.90. The van der Waals surface area contributed by atoms with Crippen molar-refractivity contribution in [1.29, 1.82) is 0 Å². The van der Waals surface area contributed by atoms with Crippen LogP contribution in [-0.2, 0) is 9.53 Å². The lowest BCUT2D eigenvalue weighted by Gasteiger charge is -2.13. The summed E-state index contributed by atoms with van der Waals surface area (Å²) in [6, 6.07) is 5.37. The second-order valence-corrected chi connectivity index (χ2v) is 5.12. The Morgan fingerprint density at radius 2 is 2.09 bits per heavy atom. The van der Waals surface area contributed by atoms with E-state index in [4.69, 9.17) is 4.74 Å². The van der Waals surface area contributed by atoms with Gasteiger partial charge in [0.1, 0.15) is 11.6 Å². The zero-order valence-corrected chi connectivity index (χ0v) is 11.8. The second kappa shape index (κ2) is 6.01. The molecule has 1 unspecified atom stereocenters. The van der Waals surface area contributed by atoms with Gasteiger partial charge in [-0.15, -0.1) is 0 Å². The highest BCUT2D eigenvalue weighted by Gasteiger charge is 2.26. The Labute approximate surface area is 126 Å². The molecule has 0 saturated carbocycles. The zero-order valence-electron chi connectivity index (χ0n) is 11.8. The van der Waals surface area contributed by atoms with Crippen LogP contribution in [0, 0.1) is 5.82 Å². The van der Waals surface area contributed by atoms with Crippen molar-refractivity contribution in [3.05, 3.63) is 59.3 Å². The van der Waals surface area contributed by atoms with Crippen LogP contribution in [0.1, 0.15) is 23.2 Å². The van der Waals surface area contributed by atoms with E-state index in [9.17, 15) is 14.0 Å². The first-order valence-corrected chi connectivity index (χ1v) is 7.03. The minimum atomic E-state index is -0.376. The van der Waals surface area contributed by atoms with E-state index in [1.54, 1.807) is 6.08 Å². The molecule has 1 aromatic carbocycles. The second-order valence-electron chi connectivity index (χ2n) is 5.12. The van der Waals surface area contributed by atoms with Crippen molar-refractivity contribution in [3.8, 4) is 0 Å². The van der Waals surface area contributed by atoms with Crippen molar-refractivity contribution in [2.45, 2.75) is 19.1 Å². The number of benzene rings is 1. The number of hydrogen-bond acceptors (Lipinski definition) is 4. The van der Waals surface area contributed by atoms with Gasteiger partial charge in [0.15, 0.2) is 12.0 Å². The Hall–Kier alpha value is -2.63. The van der Waals surface area contributed by atoms with E-state index in [1.807, 2.05) is 0 Å². The molecule has 5 nitrogen and oxygen atoms in total. The maximum Gasteiger partial charge on any atom is 0.251 e. The summed E-state index contributed by atoms with van der Waals surface area (Å²) < 4.78 is 18.4. The molecule has 0 bridgehead atoms. The fraction of sp³-hybridized carbons (Fsp3) is 0.250. The molecule has 1 heterocycles. The third kappa shape index (κ3) is 3.16. The smallest absolute Gasteiger partial charge is 0.251 e. The highest BCUT2D eigenvalue weighted by molar-refractivity contribution is 5.94. The van der Waals surface area contributed by atoms with Gasteiger partial charge >= 0.3 is 0 Å². The van der Waals surface area contributed by atoms with Gasteiger partial charge in [0.2, 0.25) is 0 Å². The molecular formula is C16H15FN2O3. The summed E-state index contributed by atoms with van der Waals surface area (Å²) in [6.07, 6.45) is 3.81. The molecule has 0 aromatic heterocycles. The fourth-order valence-corrected chi connectivity index (χ4v) is 2.34. The SMILES string of the molecule is O=C1C=CC2=C(C1)OC(CCNC(=O)c1ccc(F)cc1)N2. The minimum Gasteiger partial charge on any atom is -0.472 e. The van der Waals surface area contributed by atoms with Gasteiger partial charge in [-0.05, 0) is 36.4 Å². The normalized spacial score (nSPS) is 19.5. The van der Waals surface area contributed by atoms with Gasteiger partial charge < -0.3 is 15.4 Å². The third-order valence-corrected chi connectivity index (χ3v) is 3.47. The maximum absolute atomic E-state index is 12.8. The molecule has 0 fully saturated rings. The Balaban J connectivity index is 1.45. The molecule has 2 aliphatic rings. The predicted molar refractivity (Wildman–Crippen MR) is 77.1 cm³/mol. The molecule has 22 heavy (non-hydrogen) atoms. The van der Waals surface area contributed by atoms with E-state index in [2.05, 4.69) is 10.6 Å². The van der Waals surface area contributed by atoms with Crippen LogP contribution in [0.25, 0.3) is 0 Å². The molecule has 2 N–H and O–H groups in total. The molecule has 0 spiro atoms. The van der Waals surface area contributed by atoms with E-state index in [-0.39, 0.29) is 30.2 Å². The number of carbonyl (C=O) groups excluding carboxylic acids is 2. The summed E-state index contributed by atoms with van der Waals surface area (Å²) in [7, 11) is 0. The highest BCUT2D eigenvalue weighted by Crippen LogP contribution is 2.24. The van der Waals surface area contributed by atoms with Crippen LogP contribution in [0.4, 0.5) is 4.39 Å². The molecular weight excluding hydrogens is 287 g/mol. The highest BCUT2D eigenvalue weighted by atomic mass is 19.1. The maximum atomic E-state index is 12.8. The lowest BCUT2D eigenvalue weighted by atomic mass is 10.1. The van der Waals surface area contributed by atoms with Crippen molar-refractivity contribution in [2.75, 3.05) is 6.54 Å². The number of halogens is 1. The monoisotopic (exact) mass is 302 g/mol. The Morgan fingerprint density at radius 1 is 1.32 bits per heavy atom. The fourth-order valence-electron chi connectivity index (χ4n) is 2.34. The van der Waals surface area contributed by atoms with E-state index < -0.39 is 0 Å². The number of nitrogens with one attached hydrogen (secondary N) is 2. The van der Waals surface area contributed by atoms with Crippen molar-refractivity contribution in [1.82, 2.24) is 10.6 Å². The van der Waals surface area contributed by atoms with E-state index >= 15 is 0 Å². The Bertz CT molecular complexity index is 664. The predicted octanol–water partition coefficient (Wildman–Crippen LogP) is 1.63. The van der Waals surface area contributed by atoms with Gasteiger partial charge in [0, 0.05) is 18.5 Å². The molecule has 1 amide bonds. The van der Waals surface area contributed by atoms with Crippen molar-refractivity contribution >= 4 is 11.7 Å². The quantitative estimate of drug-likeness (QED) is 0.887. The lowest BCUT2D eigenvalue weighted by molar-refractivity contribution is -0.114. The zero-order chi connectivity index (χ0) is 15.5. The van der Waals surface area contributed by atoms with Crippen LogP contribution in [0.15, 0.2) is 47.9 Å². The van der Waals surface area contributed by atoms with Gasteiger partial charge in [-0.3, -0.25) is 9.59 Å². The summed E-state index contributed by atoms with van der Waals surface area (Å²) >= 11 is 0. The summed E-state index contributed by atoms with van der Waals surface area (Å²) in [4.78, 5) is 23.1. The standard InChI is InChI=1S/C16H15FN2O3/c17-11-3-1-10(2-4-11)16(21)18-8-7-15-19-13-6-5-12(20)9-14(13)22-15/h1-6,15,19H,7-9H2,(H,18,21). The first-order chi connectivity index (χ1) is 10.6. The van der Waals surface area contributed by atoms with Gasteiger partial charge in [-0.1, -0.05) is 0 Å². The number of ether oxygens (including phenoxy) is 1. The summed E-state index contributed by atoms with van der Waals surface area (Å²) in [5.74, 6) is 0.0401. The average Bonchev–Trinajstić information content (AvgIpc) is 2.89. The molecule has 1 aromatic rings. The average molecular weight is 302 g/mol. The van der Waals surface area contributed by atoms with Crippen LogP contribution in [-0.4, -0.2) is 24.5 Å². The van der Waals surface area contributed by atoms with Crippen LogP contribution >= 0.6 is 0 Å². The van der Waals surface area contributed by atoms with E-state index in [1.165, 1.54) is 30.3 Å². The van der Waals surface area contributed by atoms with Crippen LogP contribution in [0.5, 0.6) is 0 Å². The molecule has 1 aliphatic carbocycles. The topological polar surface area (TPSA) is 67.4 Å². The van der Waals surface area contributed by atoms with E-state index in [0.29, 0.717) is 24.3 Å². The first kappa shape index (κ1) is 14.3. The first-order valence-electron chi connectivity index (χ1n) is 7.03. The van der Waals surface area contributed by atoms with Gasteiger partial charge in [0.25, 0.3) is 5.91 Å². The molecule has 1 atom stereocenters. The van der Waals surface area contributed by atoms with Crippen LogP contribution in [0.2, 0.25) is 0 Å². The van der Waals surface area contributed by atoms with E-state index in [0.717, 1.165) is 5.70 Å². The van der Waals surface area contributed by atoms with Gasteiger partial charge in [-0.2, -0.15) is 0 Å². The molecule has 114 valence electrons. The largest absolute Gasteiger partial charge is 0.472 e. The molecule has 3 rings (SSSR count).